The maximum absolute atomic E-state index is 4.10. The molecule has 0 spiro atoms. The number of nitrogens with one attached hydrogen (secondary N) is 3. The zero-order valence-corrected chi connectivity index (χ0v) is 12.4. The van der Waals surface area contributed by atoms with Crippen LogP contribution in [0.15, 0.2) is 24.4 Å². The molecule has 1 aromatic heterocycles. The lowest BCUT2D eigenvalue weighted by Gasteiger charge is -2.36. The van der Waals surface area contributed by atoms with E-state index in [9.17, 15) is 0 Å². The molecule has 21 heavy (non-hydrogen) atoms. The first-order valence-electron chi connectivity index (χ1n) is 8.33. The van der Waals surface area contributed by atoms with Crippen LogP contribution in [0.5, 0.6) is 0 Å². The van der Waals surface area contributed by atoms with Crippen molar-refractivity contribution in [3.8, 4) is 0 Å². The van der Waals surface area contributed by atoms with Crippen LogP contribution in [-0.4, -0.2) is 28.8 Å². The monoisotopic (exact) mass is 284 g/mol. The fourth-order valence-corrected chi connectivity index (χ4v) is 4.14. The van der Waals surface area contributed by atoms with Gasteiger partial charge in [0.15, 0.2) is 0 Å². The molecule has 1 saturated heterocycles. The third-order valence-electron chi connectivity index (χ3n) is 5.23. The fourth-order valence-electron chi connectivity index (χ4n) is 4.14. The summed E-state index contributed by atoms with van der Waals surface area (Å²) in [6.45, 7) is 1.20. The first-order valence-corrected chi connectivity index (χ1v) is 8.33. The average molecular weight is 284 g/mol. The van der Waals surface area contributed by atoms with E-state index in [-0.39, 0.29) is 0 Å². The second-order valence-electron chi connectivity index (χ2n) is 6.57. The molecule has 112 valence electrons. The highest BCUT2D eigenvalue weighted by Gasteiger charge is 2.33. The molecule has 2 aromatic rings. The van der Waals surface area contributed by atoms with Gasteiger partial charge in [0.25, 0.3) is 0 Å². The van der Waals surface area contributed by atoms with Crippen molar-refractivity contribution in [1.82, 2.24) is 15.5 Å². The van der Waals surface area contributed by atoms with E-state index in [0.29, 0.717) is 6.04 Å². The molecule has 2 heterocycles. The number of hydrogen-bond donors (Lipinski definition) is 3. The number of anilines is 1. The molecule has 4 rings (SSSR count). The molecule has 0 amide bonds. The van der Waals surface area contributed by atoms with Crippen LogP contribution in [-0.2, 0) is 0 Å². The van der Waals surface area contributed by atoms with Gasteiger partial charge in [-0.25, -0.2) is 0 Å². The van der Waals surface area contributed by atoms with Crippen molar-refractivity contribution in [2.45, 2.75) is 50.6 Å². The Morgan fingerprint density at radius 3 is 2.95 bits per heavy atom. The maximum atomic E-state index is 4.10. The molecule has 4 nitrogen and oxygen atoms in total. The van der Waals surface area contributed by atoms with E-state index >= 15 is 0 Å². The molecule has 2 fully saturated rings. The Hall–Kier alpha value is -1.55. The molecule has 1 aliphatic heterocycles. The van der Waals surface area contributed by atoms with E-state index in [1.54, 1.807) is 0 Å². The van der Waals surface area contributed by atoms with Crippen molar-refractivity contribution in [2.24, 2.45) is 5.92 Å². The van der Waals surface area contributed by atoms with Gasteiger partial charge < -0.3 is 10.6 Å². The van der Waals surface area contributed by atoms with Gasteiger partial charge in [-0.1, -0.05) is 12.8 Å². The molecule has 0 bridgehead atoms. The first kappa shape index (κ1) is 13.1. The summed E-state index contributed by atoms with van der Waals surface area (Å²) in [4.78, 5) is 0. The molecule has 4 heteroatoms. The summed E-state index contributed by atoms with van der Waals surface area (Å²) in [6, 6.07) is 7.84. The van der Waals surface area contributed by atoms with Gasteiger partial charge >= 0.3 is 0 Å². The maximum Gasteiger partial charge on any atom is 0.0651 e. The Bertz CT molecular complexity index is 600. The molecule has 2 aliphatic rings. The van der Waals surface area contributed by atoms with Gasteiger partial charge in [0, 0.05) is 23.2 Å². The second-order valence-corrected chi connectivity index (χ2v) is 6.57. The number of benzene rings is 1. The van der Waals surface area contributed by atoms with E-state index in [0.717, 1.165) is 17.5 Å². The highest BCUT2D eigenvalue weighted by molar-refractivity contribution is 5.81. The standard InChI is InChI=1S/C17H24N4/c1-2-5-17(14(4-1)16-6-3-9-18-16)20-13-7-8-15-12(10-13)11-19-21-15/h7-8,10-11,14,16-18,20H,1-6,9H2,(H,19,21). The van der Waals surface area contributed by atoms with Crippen LogP contribution >= 0.6 is 0 Å². The van der Waals surface area contributed by atoms with Crippen molar-refractivity contribution in [3.63, 3.8) is 0 Å². The molecular weight excluding hydrogens is 260 g/mol. The van der Waals surface area contributed by atoms with Gasteiger partial charge in [-0.15, -0.1) is 0 Å². The van der Waals surface area contributed by atoms with E-state index < -0.39 is 0 Å². The average Bonchev–Trinajstić information content (AvgIpc) is 3.19. The number of aromatic nitrogens is 2. The normalized spacial score (nSPS) is 29.8. The summed E-state index contributed by atoms with van der Waals surface area (Å²) in [5.74, 6) is 0.779. The zero-order valence-electron chi connectivity index (χ0n) is 12.4. The van der Waals surface area contributed by atoms with Gasteiger partial charge in [0.2, 0.25) is 0 Å². The van der Waals surface area contributed by atoms with Crippen molar-refractivity contribution in [1.29, 1.82) is 0 Å². The van der Waals surface area contributed by atoms with Gasteiger partial charge in [0.1, 0.15) is 0 Å². The number of H-pyrrole nitrogens is 1. The van der Waals surface area contributed by atoms with Crippen molar-refractivity contribution >= 4 is 16.6 Å². The molecule has 3 unspecified atom stereocenters. The molecule has 3 N–H and O–H groups in total. The molecule has 0 radical (unpaired) electrons. The third kappa shape index (κ3) is 2.64. The molecule has 1 saturated carbocycles. The van der Waals surface area contributed by atoms with Crippen molar-refractivity contribution in [2.75, 3.05) is 11.9 Å². The van der Waals surface area contributed by atoms with Crippen LogP contribution in [0.3, 0.4) is 0 Å². The van der Waals surface area contributed by atoms with Crippen LogP contribution in [0.25, 0.3) is 10.9 Å². The van der Waals surface area contributed by atoms with Gasteiger partial charge in [-0.05, 0) is 56.3 Å². The topological polar surface area (TPSA) is 52.7 Å². The Balaban J connectivity index is 1.52. The lowest BCUT2D eigenvalue weighted by Crippen LogP contribution is -2.43. The second kappa shape index (κ2) is 5.68. The summed E-state index contributed by atoms with van der Waals surface area (Å²) >= 11 is 0. The number of nitrogens with zero attached hydrogens (tertiary/aromatic N) is 1. The quantitative estimate of drug-likeness (QED) is 0.810. The lowest BCUT2D eigenvalue weighted by molar-refractivity contribution is 0.263. The fraction of sp³-hybridized carbons (Fsp3) is 0.588. The van der Waals surface area contributed by atoms with Gasteiger partial charge in [-0.2, -0.15) is 5.10 Å². The molecular formula is C17H24N4. The predicted octanol–water partition coefficient (Wildman–Crippen LogP) is 3.29. The zero-order chi connectivity index (χ0) is 14.1. The Morgan fingerprint density at radius 2 is 2.05 bits per heavy atom. The van der Waals surface area contributed by atoms with Gasteiger partial charge in [-0.3, -0.25) is 5.10 Å². The minimum Gasteiger partial charge on any atom is -0.382 e. The summed E-state index contributed by atoms with van der Waals surface area (Å²) in [5, 5.41) is 15.8. The summed E-state index contributed by atoms with van der Waals surface area (Å²) in [5.41, 5.74) is 2.34. The molecule has 1 aliphatic carbocycles. The summed E-state index contributed by atoms with van der Waals surface area (Å²) < 4.78 is 0. The first-order chi connectivity index (χ1) is 10.4. The lowest BCUT2D eigenvalue weighted by atomic mass is 9.79. The molecule has 1 aromatic carbocycles. The van der Waals surface area contributed by atoms with Crippen LogP contribution in [0, 0.1) is 5.92 Å². The number of fused-ring (bicyclic) bond motifs is 1. The smallest absolute Gasteiger partial charge is 0.0651 e. The minimum absolute atomic E-state index is 0.610. The highest BCUT2D eigenvalue weighted by Crippen LogP contribution is 2.33. The number of aromatic amines is 1. The van der Waals surface area contributed by atoms with E-state index in [1.165, 1.54) is 56.1 Å². The van der Waals surface area contributed by atoms with Crippen molar-refractivity contribution < 1.29 is 0 Å². The predicted molar refractivity (Wildman–Crippen MR) is 86.5 cm³/mol. The summed E-state index contributed by atoms with van der Waals surface area (Å²) in [6.07, 6.45) is 10.0. The Labute approximate surface area is 125 Å². The van der Waals surface area contributed by atoms with Crippen LogP contribution in [0.1, 0.15) is 38.5 Å². The highest BCUT2D eigenvalue weighted by atomic mass is 15.1. The Morgan fingerprint density at radius 1 is 1.10 bits per heavy atom. The van der Waals surface area contributed by atoms with E-state index in [4.69, 9.17) is 0 Å². The van der Waals surface area contributed by atoms with Crippen LogP contribution < -0.4 is 10.6 Å². The van der Waals surface area contributed by atoms with Gasteiger partial charge in [0.05, 0.1) is 11.7 Å². The van der Waals surface area contributed by atoms with Crippen LogP contribution in [0.2, 0.25) is 0 Å². The number of rotatable bonds is 3. The Kier molecular flexibility index (Phi) is 3.55. The van der Waals surface area contributed by atoms with Crippen molar-refractivity contribution in [3.05, 3.63) is 24.4 Å². The molecule has 3 atom stereocenters. The van der Waals surface area contributed by atoms with E-state index in [1.807, 2.05) is 6.20 Å². The number of hydrogen-bond acceptors (Lipinski definition) is 3. The van der Waals surface area contributed by atoms with E-state index in [2.05, 4.69) is 39.0 Å². The minimum atomic E-state index is 0.610. The third-order valence-corrected chi connectivity index (χ3v) is 5.23. The SMILES string of the molecule is c1cc2[nH]ncc2cc1NC1CCCCC1C1CCCN1. The van der Waals surface area contributed by atoms with Crippen LogP contribution in [0.4, 0.5) is 5.69 Å². The largest absolute Gasteiger partial charge is 0.382 e. The summed E-state index contributed by atoms with van der Waals surface area (Å²) in [7, 11) is 0.